The van der Waals surface area contributed by atoms with Gasteiger partial charge in [0.1, 0.15) is 5.75 Å². The molecule has 0 aliphatic carbocycles. The molecule has 0 amide bonds. The number of ether oxygens (including phenoxy) is 1. The molecule has 0 aliphatic heterocycles. The van der Waals surface area contributed by atoms with Gasteiger partial charge in [-0.15, -0.1) is 0 Å². The van der Waals surface area contributed by atoms with Crippen LogP contribution in [0.1, 0.15) is 0 Å². The van der Waals surface area contributed by atoms with Crippen LogP contribution in [0, 0.1) is 0 Å². The first-order valence-electron chi connectivity index (χ1n) is 17.3. The van der Waals surface area contributed by atoms with Crippen molar-refractivity contribution in [3.05, 3.63) is 194 Å². The van der Waals surface area contributed by atoms with E-state index < -0.39 is 0 Å². The molecule has 0 saturated heterocycles. The van der Waals surface area contributed by atoms with Crippen molar-refractivity contribution >= 4 is 39.2 Å². The number of anilines is 5. The lowest BCUT2D eigenvalue weighted by molar-refractivity contribution is 0.416. The lowest BCUT2D eigenvalue weighted by Gasteiger charge is -2.27. The second-order valence-corrected chi connectivity index (χ2v) is 12.6. The van der Waals surface area contributed by atoms with Gasteiger partial charge in [0, 0.05) is 46.3 Å². The van der Waals surface area contributed by atoms with Gasteiger partial charge in [-0.2, -0.15) is 0 Å². The predicted molar refractivity (Wildman–Crippen MR) is 216 cm³/mol. The van der Waals surface area contributed by atoms with Crippen molar-refractivity contribution in [1.82, 2.24) is 0 Å². The van der Waals surface area contributed by atoms with Crippen molar-refractivity contribution in [2.75, 3.05) is 24.0 Å². The van der Waals surface area contributed by atoms with Crippen LogP contribution in [-0.2, 0) is 0 Å². The van der Waals surface area contributed by atoms with Gasteiger partial charge < -0.3 is 14.5 Å². The van der Waals surface area contributed by atoms with E-state index in [0.717, 1.165) is 56.4 Å². The maximum absolute atomic E-state index is 5.93. The van der Waals surface area contributed by atoms with Gasteiger partial charge in [0.25, 0.3) is 0 Å². The molecule has 8 rings (SSSR count). The molecule has 0 spiro atoms. The Kier molecular flexibility index (Phi) is 8.76. The van der Waals surface area contributed by atoms with Gasteiger partial charge in [0.2, 0.25) is 0 Å². The van der Waals surface area contributed by atoms with E-state index in [0.29, 0.717) is 0 Å². The van der Waals surface area contributed by atoms with Crippen LogP contribution in [0.15, 0.2) is 194 Å². The Morgan fingerprint density at radius 2 is 0.922 bits per heavy atom. The first kappa shape index (κ1) is 31.7. The molecule has 246 valence electrons. The SMILES string of the molecule is COc1ccc(-c2ccc(N(C)c3ccccc3)c(-c3ccccc3)c2)cc1-c1ccc(N(c2ccccc2)c2cccc3ccccc23)cc1. The predicted octanol–water partition coefficient (Wildman–Crippen LogP) is 13.1. The fourth-order valence-electron chi connectivity index (χ4n) is 6.96. The fraction of sp³-hybridized carbons (Fsp3) is 0.0417. The van der Waals surface area contributed by atoms with Gasteiger partial charge in [0.15, 0.2) is 0 Å². The third kappa shape index (κ3) is 6.34. The van der Waals surface area contributed by atoms with E-state index >= 15 is 0 Å². The highest BCUT2D eigenvalue weighted by atomic mass is 16.5. The molecule has 0 aliphatic rings. The van der Waals surface area contributed by atoms with Crippen molar-refractivity contribution in [3.8, 4) is 39.1 Å². The molecule has 0 N–H and O–H groups in total. The normalized spacial score (nSPS) is 10.9. The largest absolute Gasteiger partial charge is 0.496 e. The molecular formula is C48H38N2O. The highest BCUT2D eigenvalue weighted by Gasteiger charge is 2.17. The van der Waals surface area contributed by atoms with Crippen molar-refractivity contribution in [3.63, 3.8) is 0 Å². The van der Waals surface area contributed by atoms with Crippen molar-refractivity contribution < 1.29 is 4.74 Å². The van der Waals surface area contributed by atoms with Gasteiger partial charge in [-0.3, -0.25) is 0 Å². The van der Waals surface area contributed by atoms with E-state index in [2.05, 4.69) is 211 Å². The van der Waals surface area contributed by atoms with Crippen LogP contribution in [-0.4, -0.2) is 14.2 Å². The van der Waals surface area contributed by atoms with Gasteiger partial charge >= 0.3 is 0 Å². The van der Waals surface area contributed by atoms with Gasteiger partial charge in [-0.25, -0.2) is 0 Å². The molecule has 0 fully saturated rings. The molecule has 0 bridgehead atoms. The van der Waals surface area contributed by atoms with Crippen LogP contribution < -0.4 is 14.5 Å². The molecule has 8 aromatic carbocycles. The summed E-state index contributed by atoms with van der Waals surface area (Å²) in [6, 6.07) is 68.8. The third-order valence-electron chi connectivity index (χ3n) is 9.58. The molecule has 0 saturated carbocycles. The minimum absolute atomic E-state index is 0.837. The van der Waals surface area contributed by atoms with Gasteiger partial charge in [-0.05, 0) is 94.4 Å². The summed E-state index contributed by atoms with van der Waals surface area (Å²) in [6.07, 6.45) is 0. The van der Waals surface area contributed by atoms with E-state index in [1.807, 2.05) is 0 Å². The summed E-state index contributed by atoms with van der Waals surface area (Å²) in [7, 11) is 3.87. The van der Waals surface area contributed by atoms with Crippen LogP contribution in [0.3, 0.4) is 0 Å². The molecule has 3 nitrogen and oxygen atoms in total. The standard InChI is InChI=1S/C48H38N2O/c1-49(40-19-8-4-9-20-40)46-31-27-38(33-44(46)36-15-6-3-7-16-36)39-28-32-48(51-2)45(34-39)37-25-29-42(30-26-37)50(41-21-10-5-11-22-41)47-24-14-18-35-17-12-13-23-43(35)47/h3-34H,1-2H3. The number of benzene rings is 8. The number of hydrogen-bond acceptors (Lipinski definition) is 3. The molecule has 0 atom stereocenters. The number of hydrogen-bond donors (Lipinski definition) is 0. The van der Waals surface area contributed by atoms with E-state index in [1.165, 1.54) is 21.9 Å². The Bertz CT molecular complexity index is 2400. The maximum atomic E-state index is 5.93. The average Bonchev–Trinajstić information content (AvgIpc) is 3.21. The monoisotopic (exact) mass is 658 g/mol. The lowest BCUT2D eigenvalue weighted by atomic mass is 9.94. The quantitative estimate of drug-likeness (QED) is 0.153. The molecule has 0 unspecified atom stereocenters. The summed E-state index contributed by atoms with van der Waals surface area (Å²) >= 11 is 0. The molecule has 8 aromatic rings. The first-order valence-corrected chi connectivity index (χ1v) is 17.3. The Hall–Kier alpha value is -6.58. The van der Waals surface area contributed by atoms with Crippen LogP contribution in [0.25, 0.3) is 44.2 Å². The Balaban J connectivity index is 1.19. The summed E-state index contributed by atoms with van der Waals surface area (Å²) < 4.78 is 5.93. The highest BCUT2D eigenvalue weighted by Crippen LogP contribution is 2.42. The molecule has 51 heavy (non-hydrogen) atoms. The number of para-hydroxylation sites is 2. The lowest BCUT2D eigenvalue weighted by Crippen LogP contribution is -2.10. The van der Waals surface area contributed by atoms with Crippen LogP contribution in [0.4, 0.5) is 28.4 Å². The van der Waals surface area contributed by atoms with Crippen LogP contribution in [0.2, 0.25) is 0 Å². The second kappa shape index (κ2) is 14.1. The summed E-state index contributed by atoms with van der Waals surface area (Å²) in [6.45, 7) is 0. The van der Waals surface area contributed by atoms with Crippen molar-refractivity contribution in [2.45, 2.75) is 0 Å². The topological polar surface area (TPSA) is 15.7 Å². The van der Waals surface area contributed by atoms with E-state index in [-0.39, 0.29) is 0 Å². The zero-order valence-electron chi connectivity index (χ0n) is 28.8. The summed E-state index contributed by atoms with van der Waals surface area (Å²) in [5.41, 5.74) is 12.4. The number of rotatable bonds is 9. The van der Waals surface area contributed by atoms with E-state index in [1.54, 1.807) is 7.11 Å². The fourth-order valence-corrected chi connectivity index (χ4v) is 6.96. The minimum Gasteiger partial charge on any atom is -0.496 e. The second-order valence-electron chi connectivity index (χ2n) is 12.6. The average molecular weight is 659 g/mol. The Morgan fingerprint density at radius 3 is 1.63 bits per heavy atom. The third-order valence-corrected chi connectivity index (χ3v) is 9.58. The molecule has 3 heteroatoms. The van der Waals surface area contributed by atoms with Crippen molar-refractivity contribution in [2.24, 2.45) is 0 Å². The van der Waals surface area contributed by atoms with Gasteiger partial charge in [-0.1, -0.05) is 127 Å². The summed E-state index contributed by atoms with van der Waals surface area (Å²) in [5.74, 6) is 0.837. The summed E-state index contributed by atoms with van der Waals surface area (Å²) in [5, 5.41) is 2.42. The number of fused-ring (bicyclic) bond motifs is 1. The van der Waals surface area contributed by atoms with Gasteiger partial charge in [0.05, 0.1) is 12.8 Å². The van der Waals surface area contributed by atoms with Crippen LogP contribution in [0.5, 0.6) is 5.75 Å². The van der Waals surface area contributed by atoms with E-state index in [4.69, 9.17) is 4.74 Å². The Morgan fingerprint density at radius 1 is 0.392 bits per heavy atom. The Labute approximate surface area is 300 Å². The minimum atomic E-state index is 0.837. The smallest absolute Gasteiger partial charge is 0.126 e. The van der Waals surface area contributed by atoms with E-state index in [9.17, 15) is 0 Å². The number of methoxy groups -OCH3 is 1. The summed E-state index contributed by atoms with van der Waals surface area (Å²) in [4.78, 5) is 4.59. The number of nitrogens with zero attached hydrogens (tertiary/aromatic N) is 2. The molecule has 0 aromatic heterocycles. The van der Waals surface area contributed by atoms with Crippen molar-refractivity contribution in [1.29, 1.82) is 0 Å². The molecular weight excluding hydrogens is 621 g/mol. The maximum Gasteiger partial charge on any atom is 0.126 e. The highest BCUT2D eigenvalue weighted by molar-refractivity contribution is 5.99. The van der Waals surface area contributed by atoms with Crippen LogP contribution >= 0.6 is 0 Å². The zero-order chi connectivity index (χ0) is 34.6. The first-order chi connectivity index (χ1) is 25.2. The zero-order valence-corrected chi connectivity index (χ0v) is 28.8. The molecule has 0 radical (unpaired) electrons. The molecule has 0 heterocycles.